The van der Waals surface area contributed by atoms with Crippen LogP contribution in [0.5, 0.6) is 0 Å². The van der Waals surface area contributed by atoms with Gasteiger partial charge in [0.05, 0.1) is 11.9 Å². The minimum absolute atomic E-state index is 0.109. The molecule has 0 unspecified atom stereocenters. The van der Waals surface area contributed by atoms with Gasteiger partial charge < -0.3 is 10.6 Å². The van der Waals surface area contributed by atoms with Gasteiger partial charge in [-0.2, -0.15) is 0 Å². The maximum Gasteiger partial charge on any atom is 0.228 e. The van der Waals surface area contributed by atoms with Crippen LogP contribution in [0.25, 0.3) is 0 Å². The molecule has 1 heterocycles. The van der Waals surface area contributed by atoms with Gasteiger partial charge in [-0.1, -0.05) is 37.0 Å². The van der Waals surface area contributed by atoms with E-state index in [1.165, 1.54) is 17.5 Å². The summed E-state index contributed by atoms with van der Waals surface area (Å²) in [5.74, 6) is 0.877. The van der Waals surface area contributed by atoms with Crippen LogP contribution in [0.4, 0.5) is 17.2 Å². The normalized spacial score (nSPS) is 15.1. The van der Waals surface area contributed by atoms with Crippen LogP contribution < -0.4 is 10.6 Å². The number of aromatic nitrogens is 1. The van der Waals surface area contributed by atoms with Crippen LogP contribution in [0.1, 0.15) is 43.2 Å². The number of hydrogen-bond donors (Lipinski definition) is 2. The van der Waals surface area contributed by atoms with Crippen molar-refractivity contribution in [1.82, 2.24) is 4.98 Å². The van der Waals surface area contributed by atoms with E-state index in [1.54, 1.807) is 6.20 Å². The molecule has 0 aliphatic heterocycles. The standard InChI is InChI=1S/C20H25N3O/c1-14-8-10-18(15(2)12-14)22-17-9-11-19(21-13-17)23-20(24)16-6-4-3-5-7-16/h8-13,16,22H,3-7H2,1-2H3,(H,21,23,24). The third kappa shape index (κ3) is 4.13. The molecule has 1 fully saturated rings. The number of rotatable bonds is 4. The first kappa shape index (κ1) is 16.5. The molecule has 0 saturated heterocycles. The fourth-order valence-corrected chi connectivity index (χ4v) is 3.24. The minimum atomic E-state index is 0.109. The highest BCUT2D eigenvalue weighted by molar-refractivity contribution is 5.91. The molecule has 0 bridgehead atoms. The molecule has 126 valence electrons. The number of benzene rings is 1. The first-order valence-corrected chi connectivity index (χ1v) is 8.73. The summed E-state index contributed by atoms with van der Waals surface area (Å²) in [7, 11) is 0. The molecule has 2 N–H and O–H groups in total. The summed E-state index contributed by atoms with van der Waals surface area (Å²) in [5.41, 5.74) is 4.43. The number of nitrogens with one attached hydrogen (secondary N) is 2. The second-order valence-electron chi connectivity index (χ2n) is 6.70. The van der Waals surface area contributed by atoms with Gasteiger partial charge in [0.25, 0.3) is 0 Å². The Labute approximate surface area is 143 Å². The first-order chi connectivity index (χ1) is 11.6. The predicted molar refractivity (Wildman–Crippen MR) is 98.6 cm³/mol. The van der Waals surface area contributed by atoms with Crippen LogP contribution >= 0.6 is 0 Å². The largest absolute Gasteiger partial charge is 0.354 e. The lowest BCUT2D eigenvalue weighted by Gasteiger charge is -2.20. The van der Waals surface area contributed by atoms with Gasteiger partial charge in [-0.25, -0.2) is 4.98 Å². The average molecular weight is 323 g/mol. The van der Waals surface area contributed by atoms with Gasteiger partial charge in [0.15, 0.2) is 0 Å². The molecule has 1 amide bonds. The number of carbonyl (C=O) groups is 1. The number of hydrogen-bond acceptors (Lipinski definition) is 3. The van der Waals surface area contributed by atoms with Crippen LogP contribution in [-0.4, -0.2) is 10.9 Å². The molecule has 24 heavy (non-hydrogen) atoms. The number of nitrogens with zero attached hydrogens (tertiary/aromatic N) is 1. The number of aryl methyl sites for hydroxylation is 2. The van der Waals surface area contributed by atoms with Crippen molar-refractivity contribution in [2.45, 2.75) is 46.0 Å². The number of anilines is 3. The van der Waals surface area contributed by atoms with E-state index in [-0.39, 0.29) is 11.8 Å². The predicted octanol–water partition coefficient (Wildman–Crippen LogP) is 4.96. The summed E-state index contributed by atoms with van der Waals surface area (Å²) in [6.45, 7) is 4.17. The van der Waals surface area contributed by atoms with Gasteiger partial charge in [0.1, 0.15) is 5.82 Å². The van der Waals surface area contributed by atoms with Crippen LogP contribution in [-0.2, 0) is 4.79 Å². The SMILES string of the molecule is Cc1ccc(Nc2ccc(NC(=O)C3CCCCC3)nc2)c(C)c1. The van der Waals surface area contributed by atoms with Crippen molar-refractivity contribution in [2.75, 3.05) is 10.6 Å². The van der Waals surface area contributed by atoms with E-state index >= 15 is 0 Å². The van der Waals surface area contributed by atoms with E-state index in [0.717, 1.165) is 37.1 Å². The van der Waals surface area contributed by atoms with E-state index in [2.05, 4.69) is 47.7 Å². The van der Waals surface area contributed by atoms with Crippen LogP contribution in [0.15, 0.2) is 36.5 Å². The Hall–Kier alpha value is -2.36. The molecular formula is C20H25N3O. The Morgan fingerprint density at radius 2 is 1.88 bits per heavy atom. The fourth-order valence-electron chi connectivity index (χ4n) is 3.24. The molecule has 0 radical (unpaired) electrons. The van der Waals surface area contributed by atoms with Crippen LogP contribution in [0.3, 0.4) is 0 Å². The summed E-state index contributed by atoms with van der Waals surface area (Å²) in [6.07, 6.45) is 7.32. The highest BCUT2D eigenvalue weighted by Gasteiger charge is 2.21. The van der Waals surface area contributed by atoms with E-state index in [9.17, 15) is 4.79 Å². The van der Waals surface area contributed by atoms with Crippen LogP contribution in [0, 0.1) is 19.8 Å². The Balaban J connectivity index is 1.61. The Bertz CT molecular complexity index is 703. The summed E-state index contributed by atoms with van der Waals surface area (Å²) in [4.78, 5) is 16.6. The van der Waals surface area contributed by atoms with Gasteiger partial charge in [-0.05, 0) is 50.5 Å². The number of amides is 1. The van der Waals surface area contributed by atoms with Gasteiger partial charge in [-0.15, -0.1) is 0 Å². The molecular weight excluding hydrogens is 298 g/mol. The lowest BCUT2D eigenvalue weighted by molar-refractivity contribution is -0.120. The quantitative estimate of drug-likeness (QED) is 0.836. The minimum Gasteiger partial charge on any atom is -0.354 e. The molecule has 4 nitrogen and oxygen atoms in total. The van der Waals surface area contributed by atoms with Crippen molar-refractivity contribution < 1.29 is 4.79 Å². The zero-order valence-corrected chi connectivity index (χ0v) is 14.4. The third-order valence-corrected chi connectivity index (χ3v) is 4.65. The fraction of sp³-hybridized carbons (Fsp3) is 0.400. The van der Waals surface area contributed by atoms with Crippen molar-refractivity contribution >= 4 is 23.1 Å². The molecule has 1 aromatic heterocycles. The number of pyridine rings is 1. The monoisotopic (exact) mass is 323 g/mol. The molecule has 0 atom stereocenters. The molecule has 1 aliphatic carbocycles. The van der Waals surface area contributed by atoms with Crippen molar-refractivity contribution in [3.8, 4) is 0 Å². The van der Waals surface area contributed by atoms with Gasteiger partial charge >= 0.3 is 0 Å². The van der Waals surface area contributed by atoms with Crippen LogP contribution in [0.2, 0.25) is 0 Å². The lowest BCUT2D eigenvalue weighted by atomic mass is 9.89. The maximum absolute atomic E-state index is 12.3. The van der Waals surface area contributed by atoms with Gasteiger partial charge in [-0.3, -0.25) is 4.79 Å². The smallest absolute Gasteiger partial charge is 0.228 e. The highest BCUT2D eigenvalue weighted by atomic mass is 16.1. The zero-order chi connectivity index (χ0) is 16.9. The van der Waals surface area contributed by atoms with Crippen molar-refractivity contribution in [3.63, 3.8) is 0 Å². The summed E-state index contributed by atoms with van der Waals surface area (Å²) in [5, 5.41) is 6.31. The summed E-state index contributed by atoms with van der Waals surface area (Å²) < 4.78 is 0. The van der Waals surface area contributed by atoms with E-state index in [4.69, 9.17) is 0 Å². The first-order valence-electron chi connectivity index (χ1n) is 8.73. The maximum atomic E-state index is 12.3. The van der Waals surface area contributed by atoms with Crippen molar-refractivity contribution in [2.24, 2.45) is 5.92 Å². The van der Waals surface area contributed by atoms with Crippen molar-refractivity contribution in [3.05, 3.63) is 47.7 Å². The van der Waals surface area contributed by atoms with Crippen molar-refractivity contribution in [1.29, 1.82) is 0 Å². The topological polar surface area (TPSA) is 54.0 Å². The van der Waals surface area contributed by atoms with Gasteiger partial charge in [0, 0.05) is 11.6 Å². The van der Waals surface area contributed by atoms with Gasteiger partial charge in [0.2, 0.25) is 5.91 Å². The molecule has 1 saturated carbocycles. The second-order valence-corrected chi connectivity index (χ2v) is 6.70. The average Bonchev–Trinajstić information content (AvgIpc) is 2.60. The number of carbonyl (C=O) groups excluding carboxylic acids is 1. The third-order valence-electron chi connectivity index (χ3n) is 4.65. The molecule has 4 heteroatoms. The lowest BCUT2D eigenvalue weighted by Crippen LogP contribution is -2.25. The summed E-state index contributed by atoms with van der Waals surface area (Å²) in [6, 6.07) is 10.1. The Kier molecular flexibility index (Phi) is 5.14. The zero-order valence-electron chi connectivity index (χ0n) is 14.4. The second kappa shape index (κ2) is 7.47. The Morgan fingerprint density at radius 3 is 2.54 bits per heavy atom. The molecule has 1 aliphatic rings. The summed E-state index contributed by atoms with van der Waals surface area (Å²) >= 11 is 0. The molecule has 2 aromatic rings. The Morgan fingerprint density at radius 1 is 1.08 bits per heavy atom. The highest BCUT2D eigenvalue weighted by Crippen LogP contribution is 2.25. The molecule has 3 rings (SSSR count). The van der Waals surface area contributed by atoms with E-state index in [0.29, 0.717) is 5.82 Å². The van der Waals surface area contributed by atoms with E-state index in [1.807, 2.05) is 12.1 Å². The molecule has 1 aromatic carbocycles. The van der Waals surface area contributed by atoms with E-state index < -0.39 is 0 Å². The molecule has 0 spiro atoms.